The van der Waals surface area contributed by atoms with Crippen LogP contribution in [0.15, 0.2) is 61.1 Å². The number of fused-ring (bicyclic) bond motifs is 1. The van der Waals surface area contributed by atoms with Crippen molar-refractivity contribution in [2.45, 2.75) is 6.61 Å². The van der Waals surface area contributed by atoms with Crippen molar-refractivity contribution in [1.82, 2.24) is 20.3 Å². The molecule has 0 unspecified atom stereocenters. The molecule has 2 fully saturated rings. The molecule has 36 heavy (non-hydrogen) atoms. The highest BCUT2D eigenvalue weighted by molar-refractivity contribution is 6.32. The van der Waals surface area contributed by atoms with Crippen molar-refractivity contribution in [2.24, 2.45) is 5.41 Å². The third-order valence-corrected chi connectivity index (χ3v) is 6.91. The first kappa shape index (κ1) is 22.4. The smallest absolute Gasteiger partial charge is 0.293 e. The zero-order valence-electron chi connectivity index (χ0n) is 19.1. The summed E-state index contributed by atoms with van der Waals surface area (Å²) in [4.78, 5) is 26.6. The van der Waals surface area contributed by atoms with Gasteiger partial charge in [-0.3, -0.25) is 15.1 Å². The number of nitro benzene ring substituents is 1. The number of nitrogens with zero attached hydrogens (tertiary/aromatic N) is 5. The van der Waals surface area contributed by atoms with Gasteiger partial charge in [0.2, 0.25) is 0 Å². The number of aromatic nitrogens is 3. The van der Waals surface area contributed by atoms with Gasteiger partial charge in [0.05, 0.1) is 21.2 Å². The van der Waals surface area contributed by atoms with Crippen molar-refractivity contribution < 1.29 is 9.66 Å². The van der Waals surface area contributed by atoms with Crippen molar-refractivity contribution in [2.75, 3.05) is 36.4 Å². The van der Waals surface area contributed by atoms with E-state index in [1.165, 1.54) is 6.33 Å². The third kappa shape index (κ3) is 4.14. The zero-order valence-corrected chi connectivity index (χ0v) is 19.9. The Labute approximate surface area is 211 Å². The average Bonchev–Trinajstić information content (AvgIpc) is 2.82. The van der Waals surface area contributed by atoms with Crippen LogP contribution in [0.5, 0.6) is 5.75 Å². The number of ether oxygens (including phenoxy) is 1. The van der Waals surface area contributed by atoms with Crippen LogP contribution >= 0.6 is 11.6 Å². The van der Waals surface area contributed by atoms with Gasteiger partial charge >= 0.3 is 0 Å². The Kier molecular flexibility index (Phi) is 5.54. The van der Waals surface area contributed by atoms with Crippen LogP contribution in [0.1, 0.15) is 5.69 Å². The molecule has 2 aromatic carbocycles. The largest absolute Gasteiger partial charge is 0.486 e. The van der Waals surface area contributed by atoms with E-state index in [2.05, 4.69) is 30.5 Å². The number of nitrogens with one attached hydrogen (secondary N) is 2. The molecule has 0 aliphatic carbocycles. The lowest BCUT2D eigenvalue weighted by Crippen LogP contribution is -2.71. The molecule has 4 aromatic rings. The molecule has 4 heterocycles. The number of rotatable bonds is 7. The molecule has 2 saturated heterocycles. The summed E-state index contributed by atoms with van der Waals surface area (Å²) >= 11 is 6.45. The molecule has 2 aromatic heterocycles. The van der Waals surface area contributed by atoms with Gasteiger partial charge in [-0.25, -0.2) is 9.97 Å². The summed E-state index contributed by atoms with van der Waals surface area (Å²) in [7, 11) is 0. The average molecular weight is 504 g/mol. The number of hydrogen-bond acceptors (Lipinski definition) is 9. The lowest BCUT2D eigenvalue weighted by atomic mass is 9.74. The minimum absolute atomic E-state index is 0.0405. The van der Waals surface area contributed by atoms with E-state index >= 15 is 0 Å². The van der Waals surface area contributed by atoms with Crippen LogP contribution < -0.4 is 20.3 Å². The Bertz CT molecular complexity index is 1460. The minimum atomic E-state index is -0.347. The van der Waals surface area contributed by atoms with Crippen LogP contribution in [0.4, 0.5) is 22.9 Å². The first-order valence-corrected chi connectivity index (χ1v) is 11.9. The second-order valence-corrected chi connectivity index (χ2v) is 9.58. The zero-order chi connectivity index (χ0) is 24.7. The van der Waals surface area contributed by atoms with E-state index in [1.54, 1.807) is 30.5 Å². The Morgan fingerprint density at radius 3 is 2.69 bits per heavy atom. The van der Waals surface area contributed by atoms with E-state index in [-0.39, 0.29) is 16.0 Å². The van der Waals surface area contributed by atoms with E-state index in [4.69, 9.17) is 16.3 Å². The summed E-state index contributed by atoms with van der Waals surface area (Å²) in [5, 5.41) is 19.4. The summed E-state index contributed by atoms with van der Waals surface area (Å²) in [5.74, 6) is 0.978. The quantitative estimate of drug-likeness (QED) is 0.280. The van der Waals surface area contributed by atoms with E-state index < -0.39 is 0 Å². The molecule has 0 saturated carbocycles. The van der Waals surface area contributed by atoms with Crippen molar-refractivity contribution in [3.8, 4) is 5.75 Å². The number of benzene rings is 2. The van der Waals surface area contributed by atoms with Crippen molar-refractivity contribution in [3.05, 3.63) is 81.9 Å². The second kappa shape index (κ2) is 8.89. The first-order chi connectivity index (χ1) is 17.5. The predicted octanol–water partition coefficient (Wildman–Crippen LogP) is 4.32. The summed E-state index contributed by atoms with van der Waals surface area (Å²) in [6.07, 6.45) is 3.15. The normalized spacial score (nSPS) is 15.9. The number of pyridine rings is 1. The molecular formula is C25H22ClN7O3. The Morgan fingerprint density at radius 1 is 1.14 bits per heavy atom. The number of nitro groups is 1. The van der Waals surface area contributed by atoms with Crippen LogP contribution in [-0.2, 0) is 6.61 Å². The van der Waals surface area contributed by atoms with Gasteiger partial charge in [0, 0.05) is 54.9 Å². The topological polar surface area (TPSA) is 118 Å². The number of halogens is 1. The summed E-state index contributed by atoms with van der Waals surface area (Å²) in [6.45, 7) is 3.81. The van der Waals surface area contributed by atoms with E-state index in [9.17, 15) is 10.1 Å². The number of hydrogen-bond donors (Lipinski definition) is 2. The Morgan fingerprint density at radius 2 is 2.00 bits per heavy atom. The van der Waals surface area contributed by atoms with Crippen LogP contribution in [0.3, 0.4) is 0 Å². The molecule has 0 bridgehead atoms. The van der Waals surface area contributed by atoms with Gasteiger partial charge in [0.15, 0.2) is 0 Å². The van der Waals surface area contributed by atoms with Gasteiger partial charge in [0.1, 0.15) is 30.2 Å². The monoisotopic (exact) mass is 503 g/mol. The SMILES string of the molecule is O=[N+]([O-])c1cc2c(Nc3ccc(OCc4ccccn4)c(Cl)c3)ncnc2cc1N1CC2(CNC2)C1. The van der Waals surface area contributed by atoms with Crippen molar-refractivity contribution in [3.63, 3.8) is 0 Å². The highest BCUT2D eigenvalue weighted by Gasteiger charge is 2.48. The molecule has 11 heteroatoms. The summed E-state index contributed by atoms with van der Waals surface area (Å²) < 4.78 is 5.79. The van der Waals surface area contributed by atoms with Gasteiger partial charge in [0.25, 0.3) is 5.69 Å². The minimum Gasteiger partial charge on any atom is -0.486 e. The first-order valence-electron chi connectivity index (χ1n) is 11.5. The number of anilines is 3. The maximum atomic E-state index is 11.9. The lowest BCUT2D eigenvalue weighted by Gasteiger charge is -2.56. The van der Waals surface area contributed by atoms with Crippen LogP contribution in [0.2, 0.25) is 5.02 Å². The van der Waals surface area contributed by atoms with E-state index in [0.717, 1.165) is 31.9 Å². The van der Waals surface area contributed by atoms with E-state index in [0.29, 0.717) is 45.5 Å². The fraction of sp³-hybridized carbons (Fsp3) is 0.240. The van der Waals surface area contributed by atoms with Crippen LogP contribution in [0, 0.1) is 15.5 Å². The molecule has 6 rings (SSSR count). The summed E-state index contributed by atoms with van der Waals surface area (Å²) in [5.41, 5.74) is 2.96. The van der Waals surface area contributed by atoms with Crippen molar-refractivity contribution in [1.29, 1.82) is 0 Å². The molecule has 182 valence electrons. The Balaban J connectivity index is 1.25. The van der Waals surface area contributed by atoms with E-state index in [1.807, 2.05) is 24.3 Å². The van der Waals surface area contributed by atoms with Crippen molar-refractivity contribution >= 4 is 45.4 Å². The summed E-state index contributed by atoms with van der Waals surface area (Å²) in [6, 6.07) is 14.2. The van der Waals surface area contributed by atoms with Crippen LogP contribution in [-0.4, -0.2) is 46.1 Å². The molecule has 2 N–H and O–H groups in total. The van der Waals surface area contributed by atoms with Gasteiger partial charge in [-0.2, -0.15) is 0 Å². The maximum Gasteiger partial charge on any atom is 0.293 e. The molecule has 0 atom stereocenters. The molecular weight excluding hydrogens is 482 g/mol. The van der Waals surface area contributed by atoms with Crippen LogP contribution in [0.25, 0.3) is 10.9 Å². The predicted molar refractivity (Wildman–Crippen MR) is 137 cm³/mol. The maximum absolute atomic E-state index is 11.9. The highest BCUT2D eigenvalue weighted by Crippen LogP contribution is 2.43. The highest BCUT2D eigenvalue weighted by atomic mass is 35.5. The van der Waals surface area contributed by atoms with Gasteiger partial charge in [-0.05, 0) is 36.4 Å². The van der Waals surface area contributed by atoms with Gasteiger partial charge < -0.3 is 20.3 Å². The molecule has 10 nitrogen and oxygen atoms in total. The fourth-order valence-electron chi connectivity index (χ4n) is 4.68. The third-order valence-electron chi connectivity index (χ3n) is 6.62. The second-order valence-electron chi connectivity index (χ2n) is 9.18. The molecule has 1 spiro atoms. The fourth-order valence-corrected chi connectivity index (χ4v) is 4.92. The van der Waals surface area contributed by atoms with Gasteiger partial charge in [-0.15, -0.1) is 0 Å². The molecule has 0 radical (unpaired) electrons. The molecule has 2 aliphatic heterocycles. The van der Waals surface area contributed by atoms with Gasteiger partial charge in [-0.1, -0.05) is 17.7 Å². The Hall–Kier alpha value is -4.02. The lowest BCUT2D eigenvalue weighted by molar-refractivity contribution is -0.384. The molecule has 2 aliphatic rings. The standard InChI is InChI=1S/C25H22ClN7O3/c26-19-7-16(4-5-23(19)36-10-17-3-1-2-6-28-17)31-24-18-8-22(33(34)35)21(9-20(18)29-15-30-24)32-13-25(14-32)11-27-12-25/h1-9,15,27H,10-14H2,(H,29,30,31). The molecule has 0 amide bonds.